The first-order valence-electron chi connectivity index (χ1n) is 11.6. The van der Waals surface area contributed by atoms with E-state index in [1.807, 2.05) is 36.1 Å². The van der Waals surface area contributed by atoms with E-state index in [4.69, 9.17) is 14.5 Å². The maximum absolute atomic E-state index is 12.8. The number of aromatic nitrogens is 2. The van der Waals surface area contributed by atoms with E-state index >= 15 is 0 Å². The zero-order chi connectivity index (χ0) is 23.9. The van der Waals surface area contributed by atoms with E-state index in [-0.39, 0.29) is 5.91 Å². The highest BCUT2D eigenvalue weighted by atomic mass is 16.5. The molecule has 1 aliphatic rings. The van der Waals surface area contributed by atoms with Crippen LogP contribution < -0.4 is 4.74 Å². The lowest BCUT2D eigenvalue weighted by Gasteiger charge is -2.35. The summed E-state index contributed by atoms with van der Waals surface area (Å²) in [4.78, 5) is 21.5. The van der Waals surface area contributed by atoms with Crippen molar-refractivity contribution in [1.82, 2.24) is 19.9 Å². The van der Waals surface area contributed by atoms with Gasteiger partial charge in [0.15, 0.2) is 6.10 Å². The number of piperazine rings is 1. The van der Waals surface area contributed by atoms with Gasteiger partial charge in [0.1, 0.15) is 5.75 Å². The largest absolute Gasteiger partial charge is 0.481 e. The highest BCUT2D eigenvalue weighted by molar-refractivity contribution is 5.81. The lowest BCUT2D eigenvalue weighted by molar-refractivity contribution is -0.139. The fourth-order valence-electron chi connectivity index (χ4n) is 3.94. The van der Waals surface area contributed by atoms with Crippen LogP contribution >= 0.6 is 0 Å². The normalized spacial score (nSPS) is 15.0. The van der Waals surface area contributed by atoms with Crippen molar-refractivity contribution in [3.63, 3.8) is 0 Å². The molecule has 3 aromatic rings. The molecular weight excluding hydrogens is 430 g/mol. The molecule has 8 heteroatoms. The molecule has 0 aliphatic carbocycles. The maximum atomic E-state index is 12.8. The van der Waals surface area contributed by atoms with Gasteiger partial charge in [0.05, 0.1) is 11.6 Å². The van der Waals surface area contributed by atoms with E-state index in [0.29, 0.717) is 36.1 Å². The van der Waals surface area contributed by atoms with Crippen LogP contribution in [-0.2, 0) is 11.2 Å². The topological polar surface area (TPSA) is 95.5 Å². The summed E-state index contributed by atoms with van der Waals surface area (Å²) in [6.45, 7) is 7.74. The molecule has 4 rings (SSSR count). The second-order valence-corrected chi connectivity index (χ2v) is 8.54. The minimum atomic E-state index is -0.570. The zero-order valence-corrected chi connectivity index (χ0v) is 19.6. The minimum absolute atomic E-state index is 0.0153. The number of benzene rings is 2. The number of amides is 1. The standard InChI is InChI=1S/C26H29N5O3/c1-19-5-9-22(10-6-19)25-28-24(34-29-25)4-3-13-30-14-16-31(17-15-30)26(32)20(2)33-23-11-7-21(18-27)8-12-23/h5-12,20H,3-4,13-17H2,1-2H3. The van der Waals surface area contributed by atoms with Crippen molar-refractivity contribution in [3.05, 3.63) is 65.5 Å². The summed E-state index contributed by atoms with van der Waals surface area (Å²) >= 11 is 0. The zero-order valence-electron chi connectivity index (χ0n) is 19.6. The van der Waals surface area contributed by atoms with E-state index in [2.05, 4.69) is 21.1 Å². The average Bonchev–Trinajstić information content (AvgIpc) is 3.34. The molecule has 34 heavy (non-hydrogen) atoms. The highest BCUT2D eigenvalue weighted by Gasteiger charge is 2.26. The Labute approximate surface area is 199 Å². The Morgan fingerprint density at radius 2 is 1.82 bits per heavy atom. The van der Waals surface area contributed by atoms with Crippen molar-refractivity contribution in [1.29, 1.82) is 5.26 Å². The smallest absolute Gasteiger partial charge is 0.263 e. The van der Waals surface area contributed by atoms with Gasteiger partial charge in [0.25, 0.3) is 5.91 Å². The maximum Gasteiger partial charge on any atom is 0.263 e. The van der Waals surface area contributed by atoms with Crippen LogP contribution in [0.3, 0.4) is 0 Å². The molecule has 1 amide bonds. The lowest BCUT2D eigenvalue weighted by Crippen LogP contribution is -2.52. The molecule has 1 atom stereocenters. The molecule has 1 aliphatic heterocycles. The average molecular weight is 460 g/mol. The van der Waals surface area contributed by atoms with E-state index in [9.17, 15) is 4.79 Å². The number of rotatable bonds is 8. The molecule has 0 spiro atoms. The number of carbonyl (C=O) groups excluding carboxylic acids is 1. The number of nitriles is 1. The van der Waals surface area contributed by atoms with Crippen LogP contribution in [-0.4, -0.2) is 64.7 Å². The third-order valence-corrected chi connectivity index (χ3v) is 5.97. The molecule has 0 bridgehead atoms. The molecule has 0 radical (unpaired) electrons. The summed E-state index contributed by atoms with van der Waals surface area (Å²) in [5.74, 6) is 1.85. The van der Waals surface area contributed by atoms with E-state index < -0.39 is 6.10 Å². The number of hydrogen-bond donors (Lipinski definition) is 0. The number of carbonyl (C=O) groups is 1. The number of aryl methyl sites for hydroxylation is 2. The van der Waals surface area contributed by atoms with Crippen LogP contribution in [0.2, 0.25) is 0 Å². The lowest BCUT2D eigenvalue weighted by atomic mass is 10.1. The van der Waals surface area contributed by atoms with Crippen LogP contribution in [0.1, 0.15) is 30.4 Å². The van der Waals surface area contributed by atoms with Crippen LogP contribution in [0, 0.1) is 18.3 Å². The predicted octanol–water partition coefficient (Wildman–Crippen LogP) is 3.46. The van der Waals surface area contributed by atoms with Crippen molar-refractivity contribution in [2.75, 3.05) is 32.7 Å². The van der Waals surface area contributed by atoms with Crippen LogP contribution in [0.15, 0.2) is 53.1 Å². The van der Waals surface area contributed by atoms with Crippen molar-refractivity contribution in [3.8, 4) is 23.2 Å². The van der Waals surface area contributed by atoms with Crippen molar-refractivity contribution >= 4 is 5.91 Å². The fourth-order valence-corrected chi connectivity index (χ4v) is 3.94. The van der Waals surface area contributed by atoms with Gasteiger partial charge < -0.3 is 14.2 Å². The number of hydrogen-bond acceptors (Lipinski definition) is 7. The Balaban J connectivity index is 1.18. The van der Waals surface area contributed by atoms with E-state index in [1.54, 1.807) is 31.2 Å². The Morgan fingerprint density at radius 3 is 2.50 bits per heavy atom. The third-order valence-electron chi connectivity index (χ3n) is 5.97. The summed E-state index contributed by atoms with van der Waals surface area (Å²) in [7, 11) is 0. The van der Waals surface area contributed by atoms with E-state index in [0.717, 1.165) is 38.0 Å². The van der Waals surface area contributed by atoms with Gasteiger partial charge in [-0.25, -0.2) is 0 Å². The van der Waals surface area contributed by atoms with Crippen LogP contribution in [0.25, 0.3) is 11.4 Å². The molecule has 2 aromatic carbocycles. The summed E-state index contributed by atoms with van der Waals surface area (Å²) in [5, 5.41) is 13.0. The number of ether oxygens (including phenoxy) is 1. The second-order valence-electron chi connectivity index (χ2n) is 8.54. The van der Waals surface area contributed by atoms with Gasteiger partial charge in [-0.1, -0.05) is 35.0 Å². The van der Waals surface area contributed by atoms with Gasteiger partial charge in [-0.3, -0.25) is 9.69 Å². The van der Waals surface area contributed by atoms with Crippen molar-refractivity contribution in [2.45, 2.75) is 32.8 Å². The van der Waals surface area contributed by atoms with Gasteiger partial charge in [-0.05, 0) is 51.1 Å². The Bertz CT molecular complexity index is 1130. The van der Waals surface area contributed by atoms with Crippen LogP contribution in [0.5, 0.6) is 5.75 Å². The summed E-state index contributed by atoms with van der Waals surface area (Å²) in [5.41, 5.74) is 2.72. The van der Waals surface area contributed by atoms with E-state index in [1.165, 1.54) is 5.56 Å². The van der Waals surface area contributed by atoms with Crippen LogP contribution in [0.4, 0.5) is 0 Å². The Hall–Kier alpha value is -3.70. The molecule has 0 saturated carbocycles. The molecule has 1 fully saturated rings. The summed E-state index contributed by atoms with van der Waals surface area (Å²) < 4.78 is 11.2. The molecular formula is C26H29N5O3. The third kappa shape index (κ3) is 6.00. The Morgan fingerprint density at radius 1 is 1.12 bits per heavy atom. The second kappa shape index (κ2) is 10.9. The quantitative estimate of drug-likeness (QED) is 0.509. The molecule has 176 valence electrons. The minimum Gasteiger partial charge on any atom is -0.481 e. The number of nitrogens with zero attached hydrogens (tertiary/aromatic N) is 5. The first-order chi connectivity index (χ1) is 16.5. The first kappa shape index (κ1) is 23.5. The predicted molar refractivity (Wildman–Crippen MR) is 127 cm³/mol. The molecule has 0 N–H and O–H groups in total. The van der Waals surface area contributed by atoms with Gasteiger partial charge in [-0.2, -0.15) is 10.2 Å². The fraction of sp³-hybridized carbons (Fsp3) is 0.385. The van der Waals surface area contributed by atoms with Crippen molar-refractivity contribution in [2.24, 2.45) is 0 Å². The molecule has 1 aromatic heterocycles. The molecule has 1 unspecified atom stereocenters. The van der Waals surface area contributed by atoms with Crippen molar-refractivity contribution < 1.29 is 14.1 Å². The summed E-state index contributed by atoms with van der Waals surface area (Å²) in [6, 6.07) is 16.9. The highest BCUT2D eigenvalue weighted by Crippen LogP contribution is 2.18. The van der Waals surface area contributed by atoms with Gasteiger partial charge in [0.2, 0.25) is 11.7 Å². The molecule has 1 saturated heterocycles. The van der Waals surface area contributed by atoms with Gasteiger partial charge >= 0.3 is 0 Å². The monoisotopic (exact) mass is 459 g/mol. The Kier molecular flexibility index (Phi) is 7.55. The van der Waals surface area contributed by atoms with Gasteiger partial charge in [-0.15, -0.1) is 0 Å². The molecule has 2 heterocycles. The van der Waals surface area contributed by atoms with Gasteiger partial charge in [0, 0.05) is 38.2 Å². The summed E-state index contributed by atoms with van der Waals surface area (Å²) in [6.07, 6.45) is 1.08. The SMILES string of the molecule is Cc1ccc(-c2noc(CCCN3CCN(C(=O)C(C)Oc4ccc(C#N)cc4)CC3)n2)cc1. The first-order valence-corrected chi connectivity index (χ1v) is 11.6. The molecule has 8 nitrogen and oxygen atoms in total.